The minimum absolute atomic E-state index is 0. The molecule has 0 aliphatic carbocycles. The van der Waals surface area contributed by atoms with Crippen LogP contribution in [0.2, 0.25) is 0 Å². The number of nitrogens with zero attached hydrogens (tertiary/aromatic N) is 1. The Labute approximate surface area is 121 Å². The Hall–Kier alpha value is -0.530. The van der Waals surface area contributed by atoms with Crippen LogP contribution in [0.3, 0.4) is 0 Å². The largest absolute Gasteiger partial charge is 0.633 e. The number of hydroxylamine groups is 3. The van der Waals surface area contributed by atoms with Crippen LogP contribution in [-0.2, 0) is 0 Å². The van der Waals surface area contributed by atoms with Crippen molar-refractivity contribution in [2.24, 2.45) is 0 Å². The Kier molecular flexibility index (Phi) is 11.4. The van der Waals surface area contributed by atoms with Gasteiger partial charge in [-0.3, -0.25) is 9.78 Å². The van der Waals surface area contributed by atoms with Crippen LogP contribution in [-0.4, -0.2) is 46.5 Å². The third kappa shape index (κ3) is 10.6. The second-order valence-corrected chi connectivity index (χ2v) is 4.17. The molecule has 1 heterocycles. The predicted octanol–water partition coefficient (Wildman–Crippen LogP) is 0.893. The molecule has 9 heteroatoms. The zero-order valence-corrected chi connectivity index (χ0v) is 12.1. The number of aromatic amines is 2. The van der Waals surface area contributed by atoms with Crippen LogP contribution < -0.4 is 11.2 Å². The molecule has 0 fully saturated rings. The lowest BCUT2D eigenvalue weighted by Crippen LogP contribution is -2.40. The minimum atomic E-state index is -0.475. The summed E-state index contributed by atoms with van der Waals surface area (Å²) in [6.07, 6.45) is 1.29. The van der Waals surface area contributed by atoms with Gasteiger partial charge in [-0.1, -0.05) is 0 Å². The molecule has 0 saturated heterocycles. The molecule has 6 nitrogen and oxygen atoms in total. The maximum Gasteiger partial charge on any atom is 0.325 e. The molecular weight excluding hydrogens is 304 g/mol. The third-order valence-electron chi connectivity index (χ3n) is 1.80. The lowest BCUT2D eigenvalue weighted by Gasteiger charge is -2.37. The fourth-order valence-corrected chi connectivity index (χ4v) is 1.57. The minimum Gasteiger partial charge on any atom is -0.633 e. The van der Waals surface area contributed by atoms with Crippen LogP contribution in [0.5, 0.6) is 0 Å². The van der Waals surface area contributed by atoms with Crippen LogP contribution in [0.4, 0.5) is 0 Å². The highest BCUT2D eigenvalue weighted by Crippen LogP contribution is 1.99. The van der Waals surface area contributed by atoms with E-state index in [0.717, 1.165) is 0 Å². The van der Waals surface area contributed by atoms with Gasteiger partial charge in [0.05, 0.1) is 31.9 Å². The number of H-pyrrole nitrogens is 2. The molecule has 0 spiro atoms. The predicted molar refractivity (Wildman–Crippen MR) is 75.7 cm³/mol. The molecule has 2 N–H and O–H groups in total. The Morgan fingerprint density at radius 3 is 2.06 bits per heavy atom. The van der Waals surface area contributed by atoms with E-state index in [9.17, 15) is 14.8 Å². The van der Waals surface area contributed by atoms with Crippen molar-refractivity contribution >= 4 is 35.6 Å². The van der Waals surface area contributed by atoms with Crippen molar-refractivity contribution in [1.29, 1.82) is 0 Å². The van der Waals surface area contributed by atoms with Gasteiger partial charge in [0.2, 0.25) is 0 Å². The molecule has 0 unspecified atom stereocenters. The van der Waals surface area contributed by atoms with Crippen LogP contribution in [0, 0.1) is 5.21 Å². The van der Waals surface area contributed by atoms with E-state index in [-0.39, 0.29) is 22.6 Å². The second-order valence-electron chi connectivity index (χ2n) is 3.42. The van der Waals surface area contributed by atoms with Gasteiger partial charge in [0.15, 0.2) is 0 Å². The average Bonchev–Trinajstić information content (AvgIpc) is 2.17. The van der Waals surface area contributed by atoms with E-state index in [2.05, 4.69) is 4.98 Å². The summed E-state index contributed by atoms with van der Waals surface area (Å²) in [6, 6.07) is 1.24. The van der Waals surface area contributed by atoms with Gasteiger partial charge in [0, 0.05) is 12.3 Å². The zero-order chi connectivity index (χ0) is 13.3. The van der Waals surface area contributed by atoms with Crippen LogP contribution in [0.1, 0.15) is 0 Å². The Bertz CT molecular complexity index is 386. The first kappa shape index (κ1) is 19.8. The molecule has 0 atom stereocenters. The smallest absolute Gasteiger partial charge is 0.325 e. The topological polar surface area (TPSA) is 88.8 Å². The summed E-state index contributed by atoms with van der Waals surface area (Å²) in [4.78, 5) is 24.7. The first-order valence-corrected chi connectivity index (χ1v) is 5.93. The molecular formula is C9H16Cl3N3O3. The normalized spacial score (nSPS) is 10.0. The highest BCUT2D eigenvalue weighted by molar-refractivity contribution is 6.18. The lowest BCUT2D eigenvalue weighted by molar-refractivity contribution is -0.855. The van der Waals surface area contributed by atoms with Crippen molar-refractivity contribution in [2.45, 2.75) is 0 Å². The van der Waals surface area contributed by atoms with E-state index >= 15 is 0 Å². The maximum atomic E-state index is 11.1. The monoisotopic (exact) mass is 319 g/mol. The Morgan fingerprint density at radius 2 is 1.78 bits per heavy atom. The maximum absolute atomic E-state index is 11.1. The highest BCUT2D eigenvalue weighted by Gasteiger charge is 2.06. The SMILES string of the molecule is C[N+]([O-])(CCCl)CCCl.Cl.O=c1cc[nH]c(=O)[nH]1. The number of quaternary nitrogens is 1. The number of aromatic nitrogens is 2. The van der Waals surface area contributed by atoms with Crippen molar-refractivity contribution in [3.63, 3.8) is 0 Å². The summed E-state index contributed by atoms with van der Waals surface area (Å²) in [5.74, 6) is 0.799. The van der Waals surface area contributed by atoms with Crippen molar-refractivity contribution < 1.29 is 4.65 Å². The Balaban J connectivity index is 0. The summed E-state index contributed by atoms with van der Waals surface area (Å²) in [6.45, 7) is 0.878. The molecule has 0 saturated carbocycles. The molecule has 1 rings (SSSR count). The van der Waals surface area contributed by atoms with E-state index < -0.39 is 5.69 Å². The molecule has 18 heavy (non-hydrogen) atoms. The molecule has 1 aromatic heterocycles. The fraction of sp³-hybridized carbons (Fsp3) is 0.556. The van der Waals surface area contributed by atoms with E-state index in [4.69, 9.17) is 23.2 Å². The first-order valence-electron chi connectivity index (χ1n) is 4.87. The number of halogens is 3. The van der Waals surface area contributed by atoms with E-state index in [0.29, 0.717) is 24.8 Å². The Morgan fingerprint density at radius 1 is 1.28 bits per heavy atom. The van der Waals surface area contributed by atoms with E-state index in [1.807, 2.05) is 4.98 Å². The van der Waals surface area contributed by atoms with Crippen molar-refractivity contribution in [1.82, 2.24) is 9.97 Å². The van der Waals surface area contributed by atoms with Gasteiger partial charge in [0.25, 0.3) is 5.56 Å². The molecule has 0 radical (unpaired) electrons. The number of rotatable bonds is 4. The number of nitrogens with one attached hydrogen (secondary N) is 2. The molecule has 0 bridgehead atoms. The van der Waals surface area contributed by atoms with Gasteiger partial charge in [-0.15, -0.1) is 35.6 Å². The second kappa shape index (κ2) is 10.4. The molecule has 106 valence electrons. The van der Waals surface area contributed by atoms with E-state index in [1.54, 1.807) is 7.05 Å². The van der Waals surface area contributed by atoms with Gasteiger partial charge in [-0.05, 0) is 0 Å². The van der Waals surface area contributed by atoms with Gasteiger partial charge >= 0.3 is 5.69 Å². The standard InChI is InChI=1S/C5H11Cl2NO.C4H4N2O2.ClH/c1-8(9,4-2-6)5-3-7;7-3-1-2-5-4(8)6-3;/h2-5H2,1H3;1-2H,(H2,5,6,7,8);1H. The van der Waals surface area contributed by atoms with Crippen LogP contribution in [0.15, 0.2) is 21.9 Å². The van der Waals surface area contributed by atoms with Crippen molar-refractivity contribution in [3.8, 4) is 0 Å². The number of alkyl halides is 2. The number of hydrogen-bond donors (Lipinski definition) is 2. The molecule has 1 aromatic rings. The lowest BCUT2D eigenvalue weighted by atomic mass is 10.5. The third-order valence-corrected chi connectivity index (χ3v) is 2.14. The molecule has 0 aliphatic rings. The van der Waals surface area contributed by atoms with Gasteiger partial charge < -0.3 is 14.8 Å². The summed E-state index contributed by atoms with van der Waals surface area (Å²) in [5.41, 5.74) is -0.855. The van der Waals surface area contributed by atoms with E-state index in [1.165, 1.54) is 12.3 Å². The summed E-state index contributed by atoms with van der Waals surface area (Å²) < 4.78 is -0.326. The van der Waals surface area contributed by atoms with Crippen LogP contribution in [0.25, 0.3) is 0 Å². The van der Waals surface area contributed by atoms with Crippen LogP contribution >= 0.6 is 35.6 Å². The summed E-state index contributed by atoms with van der Waals surface area (Å²) in [7, 11) is 1.57. The first-order chi connectivity index (χ1) is 7.91. The summed E-state index contributed by atoms with van der Waals surface area (Å²) in [5, 5.41) is 11.1. The average molecular weight is 321 g/mol. The number of hydrogen-bond acceptors (Lipinski definition) is 3. The quantitative estimate of drug-likeness (QED) is 0.490. The zero-order valence-electron chi connectivity index (χ0n) is 9.82. The van der Waals surface area contributed by atoms with Crippen molar-refractivity contribution in [2.75, 3.05) is 31.9 Å². The highest BCUT2D eigenvalue weighted by atomic mass is 35.5. The molecule has 0 amide bonds. The summed E-state index contributed by atoms with van der Waals surface area (Å²) >= 11 is 10.7. The van der Waals surface area contributed by atoms with Crippen molar-refractivity contribution in [3.05, 3.63) is 38.3 Å². The fourth-order valence-electron chi connectivity index (χ4n) is 0.852. The van der Waals surface area contributed by atoms with Gasteiger partial charge in [-0.2, -0.15) is 0 Å². The van der Waals surface area contributed by atoms with Gasteiger partial charge in [-0.25, -0.2) is 4.79 Å². The molecule has 0 aromatic carbocycles. The van der Waals surface area contributed by atoms with Gasteiger partial charge in [0.1, 0.15) is 0 Å². The molecule has 0 aliphatic heterocycles.